The Morgan fingerprint density at radius 3 is 2.64 bits per heavy atom. The number of nitrogens with zero attached hydrogens (tertiary/aromatic N) is 4. The van der Waals surface area contributed by atoms with Crippen molar-refractivity contribution in [2.24, 2.45) is 5.16 Å². The van der Waals surface area contributed by atoms with Crippen molar-refractivity contribution < 1.29 is 19.1 Å². The minimum Gasteiger partial charge on any atom is -0.469 e. The van der Waals surface area contributed by atoms with Gasteiger partial charge in [0.25, 0.3) is 0 Å². The fourth-order valence-electron chi connectivity index (χ4n) is 3.01. The molecule has 1 aromatic heterocycles. The summed E-state index contributed by atoms with van der Waals surface area (Å²) in [6.45, 7) is 2.15. The predicted octanol–water partition coefficient (Wildman–Crippen LogP) is 4.64. The van der Waals surface area contributed by atoms with Gasteiger partial charge in [-0.1, -0.05) is 41.0 Å². The molecule has 8 nitrogen and oxygen atoms in total. The Balaban J connectivity index is 1.78. The first-order valence-corrected chi connectivity index (χ1v) is 10.5. The van der Waals surface area contributed by atoms with Crippen LogP contribution in [0.25, 0.3) is 0 Å². The summed E-state index contributed by atoms with van der Waals surface area (Å²) in [4.78, 5) is 27.7. The number of hydrogen-bond acceptors (Lipinski definition) is 8. The summed E-state index contributed by atoms with van der Waals surface area (Å²) in [5.74, 6) is 0.981. The second kappa shape index (κ2) is 11.3. The van der Waals surface area contributed by atoms with Gasteiger partial charge >= 0.3 is 5.97 Å². The number of carbonyl (C=O) groups excluding carboxylic acids is 1. The number of oxime groups is 1. The number of halogens is 1. The van der Waals surface area contributed by atoms with E-state index in [4.69, 9.17) is 25.9 Å². The van der Waals surface area contributed by atoms with Crippen LogP contribution >= 0.6 is 11.6 Å². The highest BCUT2D eigenvalue weighted by Crippen LogP contribution is 2.29. The van der Waals surface area contributed by atoms with Gasteiger partial charge in [-0.25, -0.2) is 9.97 Å². The van der Waals surface area contributed by atoms with Gasteiger partial charge < -0.3 is 19.2 Å². The van der Waals surface area contributed by atoms with Crippen LogP contribution in [0.3, 0.4) is 0 Å². The molecule has 0 aliphatic carbocycles. The summed E-state index contributed by atoms with van der Waals surface area (Å²) >= 11 is 6.00. The molecule has 0 amide bonds. The summed E-state index contributed by atoms with van der Waals surface area (Å²) in [6, 6.07) is 14.8. The van der Waals surface area contributed by atoms with Crippen molar-refractivity contribution in [3.05, 3.63) is 76.6 Å². The predicted molar refractivity (Wildman–Crippen MR) is 127 cm³/mol. The lowest BCUT2D eigenvalue weighted by Gasteiger charge is -2.18. The second-order valence-electron chi connectivity index (χ2n) is 7.34. The van der Waals surface area contributed by atoms with Gasteiger partial charge in [0.05, 0.1) is 24.8 Å². The molecule has 2 aromatic carbocycles. The molecular formula is C24H25ClN4O4. The Morgan fingerprint density at radius 1 is 1.12 bits per heavy atom. The molecule has 0 aliphatic heterocycles. The van der Waals surface area contributed by atoms with Crippen molar-refractivity contribution in [1.29, 1.82) is 0 Å². The molecule has 0 saturated heterocycles. The maximum absolute atomic E-state index is 11.9. The average molecular weight is 469 g/mol. The van der Waals surface area contributed by atoms with Gasteiger partial charge in [0.2, 0.25) is 5.88 Å². The van der Waals surface area contributed by atoms with Gasteiger partial charge in [-0.3, -0.25) is 4.79 Å². The highest BCUT2D eigenvalue weighted by atomic mass is 35.5. The number of anilines is 1. The van der Waals surface area contributed by atoms with E-state index in [1.807, 2.05) is 57.4 Å². The third-order valence-corrected chi connectivity index (χ3v) is 4.88. The molecule has 172 valence electrons. The average Bonchev–Trinajstić information content (AvgIpc) is 2.80. The summed E-state index contributed by atoms with van der Waals surface area (Å²) in [5, 5.41) is 4.85. The molecule has 0 radical (unpaired) electrons. The first-order chi connectivity index (χ1) is 15.9. The van der Waals surface area contributed by atoms with Gasteiger partial charge in [-0.2, -0.15) is 0 Å². The quantitative estimate of drug-likeness (QED) is 0.257. The topological polar surface area (TPSA) is 86.1 Å². The second-order valence-corrected chi connectivity index (χ2v) is 7.77. The molecule has 0 bridgehead atoms. The van der Waals surface area contributed by atoms with Gasteiger partial charge in [0, 0.05) is 24.7 Å². The Hall–Kier alpha value is -3.65. The smallest absolute Gasteiger partial charge is 0.310 e. The summed E-state index contributed by atoms with van der Waals surface area (Å²) < 4.78 is 10.8. The van der Waals surface area contributed by atoms with Crippen LogP contribution in [0.2, 0.25) is 5.02 Å². The van der Waals surface area contributed by atoms with Crippen molar-refractivity contribution >= 4 is 29.1 Å². The van der Waals surface area contributed by atoms with Crippen LogP contribution in [0.1, 0.15) is 23.6 Å². The van der Waals surface area contributed by atoms with Crippen LogP contribution in [-0.4, -0.2) is 42.9 Å². The largest absolute Gasteiger partial charge is 0.469 e. The van der Waals surface area contributed by atoms with Crippen LogP contribution in [-0.2, 0) is 27.4 Å². The van der Waals surface area contributed by atoms with E-state index in [-0.39, 0.29) is 12.3 Å². The van der Waals surface area contributed by atoms with Gasteiger partial charge in [0.1, 0.15) is 24.5 Å². The number of aromatic nitrogens is 2. The molecule has 1 heterocycles. The number of hydrogen-bond donors (Lipinski definition) is 0. The van der Waals surface area contributed by atoms with Gasteiger partial charge in [0.15, 0.2) is 0 Å². The van der Waals surface area contributed by atoms with Crippen molar-refractivity contribution in [2.45, 2.75) is 20.0 Å². The van der Waals surface area contributed by atoms with E-state index < -0.39 is 5.97 Å². The number of carbonyl (C=O) groups is 1. The van der Waals surface area contributed by atoms with E-state index >= 15 is 0 Å². The minimum atomic E-state index is -0.411. The highest BCUT2D eigenvalue weighted by molar-refractivity contribution is 6.30. The molecule has 0 fully saturated rings. The van der Waals surface area contributed by atoms with Crippen LogP contribution in [0, 0.1) is 0 Å². The molecule has 0 atom stereocenters. The molecule has 33 heavy (non-hydrogen) atoms. The number of benzene rings is 2. The zero-order chi connectivity index (χ0) is 23.8. The molecular weight excluding hydrogens is 444 g/mol. The van der Waals surface area contributed by atoms with Crippen molar-refractivity contribution in [3.8, 4) is 11.6 Å². The Labute approximate surface area is 197 Å². The monoisotopic (exact) mass is 468 g/mol. The lowest BCUT2D eigenvalue weighted by Crippen LogP contribution is -2.17. The van der Waals surface area contributed by atoms with E-state index in [1.54, 1.807) is 17.0 Å². The number of esters is 1. The van der Waals surface area contributed by atoms with Crippen molar-refractivity contribution in [3.63, 3.8) is 0 Å². The molecule has 3 aromatic rings. The van der Waals surface area contributed by atoms with Crippen LogP contribution in [0.15, 0.2) is 60.0 Å². The van der Waals surface area contributed by atoms with Crippen LogP contribution in [0.4, 0.5) is 5.82 Å². The number of methoxy groups -OCH3 is 1. The number of ether oxygens (including phenoxy) is 2. The standard InChI is InChI=1S/C24H25ClN4O4/c1-16(28-32-14-17-7-5-9-19(25)11-17)18-8-6-10-20(12-18)33-24-21(13-22(30)31-4)23(29(2)3)26-15-27-24/h5-12,15H,13-14H2,1-4H3. The molecule has 9 heteroatoms. The van der Waals surface area contributed by atoms with E-state index in [0.717, 1.165) is 11.1 Å². The normalized spacial score (nSPS) is 11.1. The Bertz CT molecular complexity index is 1150. The Kier molecular flexibility index (Phi) is 8.21. The fraction of sp³-hybridized carbons (Fsp3) is 0.250. The van der Waals surface area contributed by atoms with Crippen molar-refractivity contribution in [1.82, 2.24) is 9.97 Å². The van der Waals surface area contributed by atoms with E-state index in [0.29, 0.717) is 34.5 Å². The third kappa shape index (κ3) is 6.66. The Morgan fingerprint density at radius 2 is 1.91 bits per heavy atom. The minimum absolute atomic E-state index is 0.0162. The molecule has 3 rings (SSSR count). The zero-order valence-corrected chi connectivity index (χ0v) is 19.7. The first kappa shape index (κ1) is 24.0. The maximum atomic E-state index is 11.9. The van der Waals surface area contributed by atoms with Gasteiger partial charge in [-0.15, -0.1) is 0 Å². The summed E-state index contributed by atoms with van der Waals surface area (Å²) in [6.07, 6.45) is 1.38. The molecule has 0 saturated carbocycles. The highest BCUT2D eigenvalue weighted by Gasteiger charge is 2.19. The lowest BCUT2D eigenvalue weighted by molar-refractivity contribution is -0.139. The third-order valence-electron chi connectivity index (χ3n) is 4.64. The molecule has 0 spiro atoms. The molecule has 0 aliphatic rings. The van der Waals surface area contributed by atoms with Gasteiger partial charge in [-0.05, 0) is 36.8 Å². The SMILES string of the molecule is COC(=O)Cc1c(Oc2cccc(C(C)=NOCc3cccc(Cl)c3)c2)ncnc1N(C)C. The van der Waals surface area contributed by atoms with E-state index in [9.17, 15) is 4.79 Å². The molecule has 0 N–H and O–H groups in total. The first-order valence-electron chi connectivity index (χ1n) is 10.1. The maximum Gasteiger partial charge on any atom is 0.310 e. The lowest BCUT2D eigenvalue weighted by atomic mass is 10.1. The summed E-state index contributed by atoms with van der Waals surface area (Å²) in [7, 11) is 5.00. The number of rotatable bonds is 9. The zero-order valence-electron chi connectivity index (χ0n) is 18.9. The van der Waals surface area contributed by atoms with E-state index in [1.165, 1.54) is 13.4 Å². The fourth-order valence-corrected chi connectivity index (χ4v) is 3.22. The van der Waals surface area contributed by atoms with E-state index in [2.05, 4.69) is 15.1 Å². The summed E-state index contributed by atoms with van der Waals surface area (Å²) in [5.41, 5.74) is 2.95. The van der Waals surface area contributed by atoms with Crippen molar-refractivity contribution in [2.75, 3.05) is 26.1 Å². The van der Waals surface area contributed by atoms with Crippen LogP contribution in [0.5, 0.6) is 11.6 Å². The van der Waals surface area contributed by atoms with Crippen LogP contribution < -0.4 is 9.64 Å². The molecule has 0 unspecified atom stereocenters.